The van der Waals surface area contributed by atoms with E-state index in [1.165, 1.54) is 0 Å². The SMILES string of the molecule is CCN1CCN(S(=O)(=O)c2c(C)nn(CC(C)C)c2C)C[C@@H]1c1ncc[nH]1. The second-order valence-corrected chi connectivity index (χ2v) is 9.43. The first kappa shape index (κ1) is 20.0. The van der Waals surface area contributed by atoms with E-state index in [4.69, 9.17) is 0 Å². The largest absolute Gasteiger partial charge is 0.347 e. The van der Waals surface area contributed by atoms with Gasteiger partial charge in [0.25, 0.3) is 0 Å². The van der Waals surface area contributed by atoms with E-state index in [9.17, 15) is 8.42 Å². The number of sulfonamides is 1. The van der Waals surface area contributed by atoms with Gasteiger partial charge in [-0.2, -0.15) is 9.40 Å². The van der Waals surface area contributed by atoms with Crippen molar-refractivity contribution in [1.82, 2.24) is 29.0 Å². The third-order valence-corrected chi connectivity index (χ3v) is 7.26. The van der Waals surface area contributed by atoms with E-state index >= 15 is 0 Å². The summed E-state index contributed by atoms with van der Waals surface area (Å²) in [4.78, 5) is 10.1. The lowest BCUT2D eigenvalue weighted by Gasteiger charge is -2.39. The zero-order valence-electron chi connectivity index (χ0n) is 16.8. The van der Waals surface area contributed by atoms with Gasteiger partial charge in [0, 0.05) is 38.6 Å². The van der Waals surface area contributed by atoms with E-state index in [-0.39, 0.29) is 6.04 Å². The van der Waals surface area contributed by atoms with Crippen LogP contribution >= 0.6 is 0 Å². The van der Waals surface area contributed by atoms with E-state index in [0.717, 1.165) is 12.4 Å². The Bertz CT molecular complexity index is 872. The van der Waals surface area contributed by atoms with E-state index in [1.54, 1.807) is 23.6 Å². The van der Waals surface area contributed by atoms with Crippen LogP contribution in [0.4, 0.5) is 0 Å². The van der Waals surface area contributed by atoms with Crippen molar-refractivity contribution in [2.24, 2.45) is 5.92 Å². The highest BCUT2D eigenvalue weighted by molar-refractivity contribution is 7.89. The molecular formula is C18H30N6O2S. The van der Waals surface area contributed by atoms with Crippen LogP contribution in [0.5, 0.6) is 0 Å². The van der Waals surface area contributed by atoms with Gasteiger partial charge in [0.05, 0.1) is 17.4 Å². The number of nitrogens with zero attached hydrogens (tertiary/aromatic N) is 5. The number of piperazine rings is 1. The summed E-state index contributed by atoms with van der Waals surface area (Å²) in [6.07, 6.45) is 3.49. The van der Waals surface area contributed by atoms with Gasteiger partial charge in [-0.25, -0.2) is 13.4 Å². The van der Waals surface area contributed by atoms with Crippen molar-refractivity contribution in [3.05, 3.63) is 29.6 Å². The van der Waals surface area contributed by atoms with Crippen molar-refractivity contribution >= 4 is 10.0 Å². The zero-order chi connectivity index (χ0) is 19.8. The molecule has 0 aliphatic carbocycles. The zero-order valence-corrected chi connectivity index (χ0v) is 17.6. The summed E-state index contributed by atoms with van der Waals surface area (Å²) < 4.78 is 30.3. The van der Waals surface area contributed by atoms with Gasteiger partial charge in [0.15, 0.2) is 0 Å². The van der Waals surface area contributed by atoms with Gasteiger partial charge in [-0.15, -0.1) is 0 Å². The first-order valence-corrected chi connectivity index (χ1v) is 11.0. The molecule has 0 saturated carbocycles. The predicted molar refractivity (Wildman–Crippen MR) is 104 cm³/mol. The lowest BCUT2D eigenvalue weighted by Crippen LogP contribution is -2.50. The van der Waals surface area contributed by atoms with Crippen molar-refractivity contribution in [1.29, 1.82) is 0 Å². The van der Waals surface area contributed by atoms with Crippen LogP contribution in [0.3, 0.4) is 0 Å². The Balaban J connectivity index is 1.92. The second-order valence-electron chi connectivity index (χ2n) is 7.56. The fraction of sp³-hybridized carbons (Fsp3) is 0.667. The number of hydrogen-bond acceptors (Lipinski definition) is 5. The fourth-order valence-electron chi connectivity index (χ4n) is 3.82. The van der Waals surface area contributed by atoms with Crippen LogP contribution in [-0.4, -0.2) is 63.6 Å². The summed E-state index contributed by atoms with van der Waals surface area (Å²) >= 11 is 0. The average Bonchev–Trinajstić information content (AvgIpc) is 3.22. The molecule has 27 heavy (non-hydrogen) atoms. The molecule has 150 valence electrons. The van der Waals surface area contributed by atoms with Gasteiger partial charge in [0.2, 0.25) is 10.0 Å². The number of nitrogens with one attached hydrogen (secondary N) is 1. The Hall–Kier alpha value is -1.71. The average molecular weight is 395 g/mol. The van der Waals surface area contributed by atoms with Gasteiger partial charge in [-0.1, -0.05) is 20.8 Å². The summed E-state index contributed by atoms with van der Waals surface area (Å²) in [5, 5.41) is 4.49. The Labute approximate surface area is 161 Å². The minimum atomic E-state index is -3.61. The number of rotatable bonds is 6. The fourth-order valence-corrected chi connectivity index (χ4v) is 5.63. The van der Waals surface area contributed by atoms with Crippen LogP contribution in [0, 0.1) is 19.8 Å². The Morgan fingerprint density at radius 3 is 2.63 bits per heavy atom. The lowest BCUT2D eigenvalue weighted by atomic mass is 10.2. The van der Waals surface area contributed by atoms with E-state index in [2.05, 4.69) is 40.7 Å². The highest BCUT2D eigenvalue weighted by Crippen LogP contribution is 2.29. The van der Waals surface area contributed by atoms with Crippen LogP contribution in [0.2, 0.25) is 0 Å². The van der Waals surface area contributed by atoms with E-state index in [0.29, 0.717) is 48.4 Å². The minimum Gasteiger partial charge on any atom is -0.347 e. The maximum absolute atomic E-state index is 13.5. The Morgan fingerprint density at radius 2 is 2.04 bits per heavy atom. The number of aromatic amines is 1. The van der Waals surface area contributed by atoms with Crippen LogP contribution in [0.15, 0.2) is 17.3 Å². The lowest BCUT2D eigenvalue weighted by molar-refractivity contribution is 0.119. The molecule has 0 aromatic carbocycles. The normalized spacial score (nSPS) is 19.9. The van der Waals surface area contributed by atoms with Crippen LogP contribution < -0.4 is 0 Å². The first-order chi connectivity index (χ1) is 12.8. The molecular weight excluding hydrogens is 364 g/mol. The molecule has 0 unspecified atom stereocenters. The van der Waals surface area contributed by atoms with E-state index in [1.807, 2.05) is 11.6 Å². The van der Waals surface area contributed by atoms with Crippen molar-refractivity contribution in [2.45, 2.75) is 52.1 Å². The minimum absolute atomic E-state index is 0.0696. The third-order valence-electron chi connectivity index (χ3n) is 5.15. The number of hydrogen-bond donors (Lipinski definition) is 1. The van der Waals surface area contributed by atoms with Crippen LogP contribution in [0.25, 0.3) is 0 Å². The maximum atomic E-state index is 13.5. The first-order valence-electron chi connectivity index (χ1n) is 9.53. The molecule has 1 saturated heterocycles. The molecule has 8 nitrogen and oxygen atoms in total. The Morgan fingerprint density at radius 1 is 1.30 bits per heavy atom. The smallest absolute Gasteiger partial charge is 0.246 e. The molecule has 2 aromatic rings. The van der Waals surface area contributed by atoms with Gasteiger partial charge < -0.3 is 4.98 Å². The second kappa shape index (κ2) is 7.73. The number of aryl methyl sites for hydroxylation is 1. The number of aromatic nitrogens is 4. The molecule has 3 heterocycles. The van der Waals surface area contributed by atoms with Crippen molar-refractivity contribution in [3.8, 4) is 0 Å². The Kier molecular flexibility index (Phi) is 5.73. The summed E-state index contributed by atoms with van der Waals surface area (Å²) in [6.45, 7) is 13.0. The topological polar surface area (TPSA) is 87.1 Å². The molecule has 3 rings (SSSR count). The van der Waals surface area contributed by atoms with Crippen LogP contribution in [0.1, 0.15) is 44.0 Å². The number of likely N-dealkylation sites (N-methyl/N-ethyl adjacent to an activating group) is 1. The molecule has 0 amide bonds. The van der Waals surface area contributed by atoms with Crippen molar-refractivity contribution in [3.63, 3.8) is 0 Å². The molecule has 9 heteroatoms. The molecule has 1 fully saturated rings. The summed E-state index contributed by atoms with van der Waals surface area (Å²) in [7, 11) is -3.61. The molecule has 1 aliphatic rings. The predicted octanol–water partition coefficient (Wildman–Crippen LogP) is 1.95. The summed E-state index contributed by atoms with van der Waals surface area (Å²) in [5.41, 5.74) is 1.29. The number of imidazole rings is 1. The maximum Gasteiger partial charge on any atom is 0.246 e. The van der Waals surface area contributed by atoms with Crippen molar-refractivity contribution < 1.29 is 8.42 Å². The summed E-state index contributed by atoms with van der Waals surface area (Å²) in [5.74, 6) is 1.20. The van der Waals surface area contributed by atoms with Gasteiger partial charge >= 0.3 is 0 Å². The van der Waals surface area contributed by atoms with Gasteiger partial charge in [-0.05, 0) is 26.3 Å². The quantitative estimate of drug-likeness (QED) is 0.809. The molecule has 0 spiro atoms. The molecule has 1 aliphatic heterocycles. The molecule has 1 atom stereocenters. The highest BCUT2D eigenvalue weighted by Gasteiger charge is 2.38. The van der Waals surface area contributed by atoms with Crippen molar-refractivity contribution in [2.75, 3.05) is 26.2 Å². The molecule has 0 radical (unpaired) electrons. The van der Waals surface area contributed by atoms with Gasteiger partial charge in [0.1, 0.15) is 10.7 Å². The summed E-state index contributed by atoms with van der Waals surface area (Å²) in [6, 6.07) is -0.0696. The van der Waals surface area contributed by atoms with E-state index < -0.39 is 10.0 Å². The standard InChI is InChI=1S/C18H30N6O2S/c1-6-22-9-10-23(12-16(22)18-19-7-8-20-18)27(25,26)17-14(4)21-24(15(17)5)11-13(2)3/h7-8,13,16H,6,9-12H2,1-5H3,(H,19,20)/t16-/m1/s1. The van der Waals surface area contributed by atoms with Gasteiger partial charge in [-0.3, -0.25) is 9.58 Å². The highest BCUT2D eigenvalue weighted by atomic mass is 32.2. The monoisotopic (exact) mass is 394 g/mol. The van der Waals surface area contributed by atoms with Crippen LogP contribution in [-0.2, 0) is 16.6 Å². The molecule has 1 N–H and O–H groups in total. The molecule has 2 aromatic heterocycles. The third kappa shape index (κ3) is 3.81. The molecule has 0 bridgehead atoms. The number of H-pyrrole nitrogens is 1.